The summed E-state index contributed by atoms with van der Waals surface area (Å²) in [6, 6.07) is 16.7. The third-order valence-electron chi connectivity index (χ3n) is 3.47. The molecule has 0 aliphatic heterocycles. The van der Waals surface area contributed by atoms with Crippen molar-refractivity contribution in [3.63, 3.8) is 0 Å². The Morgan fingerprint density at radius 3 is 2.61 bits per heavy atom. The van der Waals surface area contributed by atoms with E-state index in [1.54, 1.807) is 13.2 Å². The van der Waals surface area contributed by atoms with Gasteiger partial charge in [0.2, 0.25) is 5.36 Å². The van der Waals surface area contributed by atoms with Crippen LogP contribution in [0.1, 0.15) is 0 Å². The van der Waals surface area contributed by atoms with Crippen LogP contribution in [-0.4, -0.2) is 19.6 Å². The van der Waals surface area contributed by atoms with Gasteiger partial charge in [-0.05, 0) is 36.4 Å². The van der Waals surface area contributed by atoms with Crippen LogP contribution in [0.4, 0.5) is 0 Å². The summed E-state index contributed by atoms with van der Waals surface area (Å²) in [5.41, 5.74) is 1.54. The molecular formula is C18H15NO4. The number of para-hydroxylation sites is 1. The van der Waals surface area contributed by atoms with Crippen molar-refractivity contribution in [2.24, 2.45) is 0 Å². The average molecular weight is 309 g/mol. The molecule has 3 rings (SSSR count). The molecule has 0 fully saturated rings. The van der Waals surface area contributed by atoms with Crippen molar-refractivity contribution in [3.8, 4) is 17.1 Å². The molecule has 0 amide bonds. The van der Waals surface area contributed by atoms with Crippen LogP contribution in [0.5, 0.6) is 5.75 Å². The standard InChI is InChI=1S/C18H15NO4/c1-22-13-8-6-12(7-9-13)17-10-15(19-11-18(20)21)14-4-2-3-5-16(14)23-17/h2-10H,11H2,1H3,(H,20,21). The third-order valence-corrected chi connectivity index (χ3v) is 3.47. The summed E-state index contributed by atoms with van der Waals surface area (Å²) in [5, 5.41) is 12.2. The lowest BCUT2D eigenvalue weighted by Crippen LogP contribution is -2.79. The molecule has 0 unspecified atom stereocenters. The first-order valence-corrected chi connectivity index (χ1v) is 7.11. The second-order valence-corrected chi connectivity index (χ2v) is 4.97. The maximum Gasteiger partial charge on any atom is 0.213 e. The first kappa shape index (κ1) is 14.8. The van der Waals surface area contributed by atoms with Gasteiger partial charge in [-0.15, -0.1) is 0 Å². The Morgan fingerprint density at radius 2 is 1.91 bits per heavy atom. The van der Waals surface area contributed by atoms with Gasteiger partial charge in [-0.2, -0.15) is 0 Å². The van der Waals surface area contributed by atoms with E-state index in [9.17, 15) is 9.90 Å². The molecule has 23 heavy (non-hydrogen) atoms. The Bertz CT molecular complexity index is 910. The van der Waals surface area contributed by atoms with E-state index in [0.717, 1.165) is 16.7 Å². The zero-order valence-corrected chi connectivity index (χ0v) is 12.5. The third kappa shape index (κ3) is 3.23. The molecule has 116 valence electrons. The van der Waals surface area contributed by atoms with Gasteiger partial charge in [0.25, 0.3) is 0 Å². The first-order valence-electron chi connectivity index (χ1n) is 7.11. The van der Waals surface area contributed by atoms with Crippen molar-refractivity contribution in [1.29, 1.82) is 0 Å². The van der Waals surface area contributed by atoms with E-state index in [0.29, 0.717) is 16.7 Å². The van der Waals surface area contributed by atoms with E-state index in [4.69, 9.17) is 9.15 Å². The summed E-state index contributed by atoms with van der Waals surface area (Å²) >= 11 is 0. The monoisotopic (exact) mass is 309 g/mol. The van der Waals surface area contributed by atoms with Crippen molar-refractivity contribution >= 4 is 16.9 Å². The zero-order valence-electron chi connectivity index (χ0n) is 12.5. The van der Waals surface area contributed by atoms with E-state index < -0.39 is 5.97 Å². The Kier molecular flexibility index (Phi) is 4.10. The van der Waals surface area contributed by atoms with Crippen molar-refractivity contribution in [3.05, 3.63) is 60.0 Å². The summed E-state index contributed by atoms with van der Waals surface area (Å²) < 4.78 is 11.1. The molecule has 2 aromatic carbocycles. The molecule has 5 heteroatoms. The van der Waals surface area contributed by atoms with Gasteiger partial charge in [0.05, 0.1) is 18.6 Å². The Balaban J connectivity index is 2.17. The number of fused-ring (bicyclic) bond motifs is 1. The smallest absolute Gasteiger partial charge is 0.213 e. The van der Waals surface area contributed by atoms with Crippen molar-refractivity contribution in [2.75, 3.05) is 13.7 Å². The SMILES string of the molecule is COc1ccc(-c2cc(=[NH+]CC(=O)[O-])c3ccccc3o2)cc1. The average Bonchev–Trinajstić information content (AvgIpc) is 2.59. The number of carbonyl (C=O) groups excluding carboxylic acids is 1. The van der Waals surface area contributed by atoms with Gasteiger partial charge < -0.3 is 19.1 Å². The second kappa shape index (κ2) is 6.36. The van der Waals surface area contributed by atoms with Gasteiger partial charge in [0.15, 0.2) is 6.54 Å². The fourth-order valence-electron chi connectivity index (χ4n) is 2.35. The minimum atomic E-state index is -1.17. The number of nitrogens with one attached hydrogen (secondary N) is 1. The molecule has 0 aliphatic carbocycles. The molecule has 0 bridgehead atoms. The highest BCUT2D eigenvalue weighted by atomic mass is 16.5. The van der Waals surface area contributed by atoms with Crippen molar-refractivity contribution in [2.45, 2.75) is 0 Å². The highest BCUT2D eigenvalue weighted by molar-refractivity contribution is 5.78. The van der Waals surface area contributed by atoms with Crippen LogP contribution in [0.3, 0.4) is 0 Å². The molecule has 1 heterocycles. The number of carboxylic acid groups (broad SMARTS) is 1. The van der Waals surface area contributed by atoms with Gasteiger partial charge in [-0.25, -0.2) is 4.99 Å². The van der Waals surface area contributed by atoms with Gasteiger partial charge >= 0.3 is 0 Å². The quantitative estimate of drug-likeness (QED) is 0.726. The summed E-state index contributed by atoms with van der Waals surface area (Å²) in [6.07, 6.45) is 0. The predicted molar refractivity (Wildman–Crippen MR) is 82.2 cm³/mol. The number of rotatable bonds is 4. The molecular weight excluding hydrogens is 294 g/mol. The van der Waals surface area contributed by atoms with Crippen LogP contribution < -0.4 is 20.2 Å². The molecule has 0 atom stereocenters. The number of hydrogen-bond acceptors (Lipinski definition) is 4. The molecule has 0 spiro atoms. The van der Waals surface area contributed by atoms with Crippen LogP contribution in [-0.2, 0) is 4.79 Å². The summed E-state index contributed by atoms with van der Waals surface area (Å²) in [5.74, 6) is 0.220. The number of aliphatic carboxylic acids is 1. The Morgan fingerprint density at radius 1 is 1.17 bits per heavy atom. The van der Waals surface area contributed by atoms with E-state index in [1.807, 2.05) is 48.5 Å². The van der Waals surface area contributed by atoms with Gasteiger partial charge in [-0.3, -0.25) is 0 Å². The van der Waals surface area contributed by atoms with E-state index in [-0.39, 0.29) is 6.54 Å². The highest BCUT2D eigenvalue weighted by Gasteiger charge is 2.08. The lowest BCUT2D eigenvalue weighted by atomic mass is 10.1. The van der Waals surface area contributed by atoms with Crippen LogP contribution in [0.2, 0.25) is 0 Å². The van der Waals surface area contributed by atoms with E-state index >= 15 is 0 Å². The van der Waals surface area contributed by atoms with Crippen LogP contribution in [0.15, 0.2) is 59.0 Å². The van der Waals surface area contributed by atoms with Crippen LogP contribution in [0.25, 0.3) is 22.3 Å². The number of carboxylic acids is 1. The predicted octanol–water partition coefficient (Wildman–Crippen LogP) is -0.160. The molecule has 0 radical (unpaired) electrons. The molecule has 3 aromatic rings. The van der Waals surface area contributed by atoms with E-state index in [1.165, 1.54) is 0 Å². The van der Waals surface area contributed by atoms with Crippen LogP contribution in [0, 0.1) is 0 Å². The maximum atomic E-state index is 10.7. The molecule has 1 N–H and O–H groups in total. The summed E-state index contributed by atoms with van der Waals surface area (Å²) in [7, 11) is 1.61. The lowest BCUT2D eigenvalue weighted by molar-refractivity contribution is -0.501. The topological polar surface area (TPSA) is 76.5 Å². The van der Waals surface area contributed by atoms with Crippen molar-refractivity contribution < 1.29 is 24.0 Å². The van der Waals surface area contributed by atoms with Crippen LogP contribution >= 0.6 is 0 Å². The van der Waals surface area contributed by atoms with Gasteiger partial charge in [0.1, 0.15) is 23.1 Å². The maximum absolute atomic E-state index is 10.7. The molecule has 0 aliphatic rings. The normalized spacial score (nSPS) is 11.6. The minimum absolute atomic E-state index is 0.268. The molecule has 0 saturated carbocycles. The summed E-state index contributed by atoms with van der Waals surface area (Å²) in [4.78, 5) is 13.6. The number of ether oxygens (including phenoxy) is 1. The highest BCUT2D eigenvalue weighted by Crippen LogP contribution is 2.23. The van der Waals surface area contributed by atoms with E-state index in [2.05, 4.69) is 4.99 Å². The lowest BCUT2D eigenvalue weighted by Gasteiger charge is -2.04. The Hall–Kier alpha value is -3.08. The molecule has 1 aromatic heterocycles. The fourth-order valence-corrected chi connectivity index (χ4v) is 2.35. The van der Waals surface area contributed by atoms with Gasteiger partial charge in [-0.1, -0.05) is 12.1 Å². The van der Waals surface area contributed by atoms with Crippen molar-refractivity contribution in [1.82, 2.24) is 0 Å². The number of hydrogen-bond donors (Lipinski definition) is 1. The number of benzene rings is 2. The minimum Gasteiger partial charge on any atom is -0.544 e. The zero-order chi connectivity index (χ0) is 16.2. The Labute approximate surface area is 132 Å². The van der Waals surface area contributed by atoms with Gasteiger partial charge in [0, 0.05) is 5.56 Å². The number of carbonyl (C=O) groups is 1. The first-order chi connectivity index (χ1) is 11.2. The fraction of sp³-hybridized carbons (Fsp3) is 0.111. The summed E-state index contributed by atoms with van der Waals surface area (Å²) in [6.45, 7) is -0.268. The molecule has 0 saturated heterocycles. The number of methoxy groups -OCH3 is 1. The molecule has 5 nitrogen and oxygen atoms in total. The largest absolute Gasteiger partial charge is 0.544 e. The second-order valence-electron chi connectivity index (χ2n) is 4.97.